The van der Waals surface area contributed by atoms with Crippen molar-refractivity contribution in [3.8, 4) is 34.5 Å². The Morgan fingerprint density at radius 1 is 0.636 bits per heavy atom. The Bertz CT molecular complexity index is 1670. The van der Waals surface area contributed by atoms with Gasteiger partial charge in [0.25, 0.3) is 0 Å². The third-order valence-electron chi connectivity index (χ3n) is 6.99. The zero-order valence-corrected chi connectivity index (χ0v) is 19.1. The summed E-state index contributed by atoms with van der Waals surface area (Å²) >= 11 is 0. The van der Waals surface area contributed by atoms with Gasteiger partial charge in [-0.3, -0.25) is 0 Å². The van der Waals surface area contributed by atoms with Gasteiger partial charge < -0.3 is 23.7 Å². The highest BCUT2D eigenvalue weighted by Crippen LogP contribution is 2.68. The van der Waals surface area contributed by atoms with E-state index in [2.05, 4.69) is 23.1 Å². The van der Waals surface area contributed by atoms with E-state index >= 15 is 4.57 Å². The summed E-state index contributed by atoms with van der Waals surface area (Å²) in [5, 5.41) is 2.11. The molecule has 4 aliphatic rings. The van der Waals surface area contributed by atoms with Crippen molar-refractivity contribution in [2.75, 3.05) is 4.90 Å². The molecule has 0 fully saturated rings. The van der Waals surface area contributed by atoms with Crippen LogP contribution in [0.5, 0.6) is 34.5 Å². The third-order valence-corrected chi connectivity index (χ3v) is 10.2. The molecule has 1 unspecified atom stereocenters. The van der Waals surface area contributed by atoms with Crippen LogP contribution in [0.4, 0.5) is 17.1 Å². The van der Waals surface area contributed by atoms with Crippen LogP contribution in [-0.4, -0.2) is 0 Å². The minimum atomic E-state index is -3.27. The van der Waals surface area contributed by atoms with Crippen LogP contribution < -0.4 is 35.0 Å². The molecule has 6 heteroatoms. The molecule has 0 saturated heterocycles. The molecule has 0 radical (unpaired) electrons. The van der Waals surface area contributed by atoms with Crippen LogP contribution in [0.1, 0.15) is 16.7 Å². The van der Waals surface area contributed by atoms with E-state index in [1.165, 1.54) is 0 Å². The standard InChI is InChI=1S/C27H18NO4P/c1-13-4-6-16-20(10-13)30-18-8-9-19-27-23(18)28(16)17-7-5-15(3)24-25(17)33(27,29)26-21(31-19)11-14(2)12-22(26)32-24/h4-12H,1-3H3. The Morgan fingerprint density at radius 2 is 1.33 bits per heavy atom. The Balaban J connectivity index is 1.59. The molecule has 4 heterocycles. The second kappa shape index (κ2) is 5.44. The van der Waals surface area contributed by atoms with Crippen molar-refractivity contribution in [1.82, 2.24) is 0 Å². The first kappa shape index (κ1) is 17.8. The van der Waals surface area contributed by atoms with Crippen molar-refractivity contribution in [3.05, 3.63) is 71.3 Å². The minimum Gasteiger partial charge on any atom is -0.456 e. The van der Waals surface area contributed by atoms with E-state index in [0.717, 1.165) is 44.8 Å². The zero-order valence-electron chi connectivity index (χ0n) is 18.2. The quantitative estimate of drug-likeness (QED) is 0.252. The normalized spacial score (nSPS) is 19.1. The summed E-state index contributed by atoms with van der Waals surface area (Å²) < 4.78 is 34.6. The second-order valence-corrected chi connectivity index (χ2v) is 11.7. The van der Waals surface area contributed by atoms with Crippen LogP contribution in [0.25, 0.3) is 0 Å². The highest BCUT2D eigenvalue weighted by molar-refractivity contribution is 7.87. The third kappa shape index (κ3) is 1.91. The Kier molecular flexibility index (Phi) is 2.94. The van der Waals surface area contributed by atoms with Gasteiger partial charge in [0.05, 0.1) is 22.0 Å². The lowest BCUT2D eigenvalue weighted by molar-refractivity contribution is 0.453. The van der Waals surface area contributed by atoms with Gasteiger partial charge in [0.2, 0.25) is 0 Å². The lowest BCUT2D eigenvalue weighted by Gasteiger charge is -2.45. The fourth-order valence-corrected chi connectivity index (χ4v) is 9.08. The van der Waals surface area contributed by atoms with Gasteiger partial charge in [-0.05, 0) is 79.9 Å². The number of hydrogen-bond donors (Lipinski definition) is 0. The molecule has 0 aromatic heterocycles. The predicted molar refractivity (Wildman–Crippen MR) is 129 cm³/mol. The fraction of sp³-hybridized carbons (Fsp3) is 0.111. The Labute approximate surface area is 190 Å². The average molecular weight is 451 g/mol. The van der Waals surface area contributed by atoms with E-state index in [1.807, 2.05) is 57.2 Å². The van der Waals surface area contributed by atoms with Gasteiger partial charge >= 0.3 is 0 Å². The van der Waals surface area contributed by atoms with Crippen LogP contribution >= 0.6 is 7.14 Å². The van der Waals surface area contributed by atoms with Crippen molar-refractivity contribution in [1.29, 1.82) is 0 Å². The molecule has 0 N–H and O–H groups in total. The van der Waals surface area contributed by atoms with Gasteiger partial charge in [-0.15, -0.1) is 0 Å². The van der Waals surface area contributed by atoms with Crippen LogP contribution in [0.3, 0.4) is 0 Å². The molecule has 160 valence electrons. The summed E-state index contributed by atoms with van der Waals surface area (Å²) in [5.74, 6) is 3.99. The van der Waals surface area contributed by atoms with E-state index in [4.69, 9.17) is 14.2 Å². The van der Waals surface area contributed by atoms with Gasteiger partial charge in [0.15, 0.2) is 18.6 Å². The number of ether oxygens (including phenoxy) is 3. The van der Waals surface area contributed by atoms with Gasteiger partial charge in [-0.1, -0.05) is 12.1 Å². The zero-order chi connectivity index (χ0) is 22.2. The van der Waals surface area contributed by atoms with Gasteiger partial charge in [0.1, 0.15) is 34.0 Å². The molecule has 33 heavy (non-hydrogen) atoms. The highest BCUT2D eigenvalue weighted by atomic mass is 31.2. The summed E-state index contributed by atoms with van der Waals surface area (Å²) in [7, 11) is -3.27. The van der Waals surface area contributed by atoms with Crippen LogP contribution in [-0.2, 0) is 4.57 Å². The summed E-state index contributed by atoms with van der Waals surface area (Å²) in [6.45, 7) is 6.05. The smallest absolute Gasteiger partial charge is 0.190 e. The number of rotatable bonds is 0. The summed E-state index contributed by atoms with van der Waals surface area (Å²) in [6.07, 6.45) is 0. The lowest BCUT2D eigenvalue weighted by Crippen LogP contribution is -2.43. The molecule has 0 saturated carbocycles. The molecule has 4 aromatic carbocycles. The van der Waals surface area contributed by atoms with E-state index in [1.54, 1.807) is 0 Å². The van der Waals surface area contributed by atoms with Crippen LogP contribution in [0, 0.1) is 20.8 Å². The monoisotopic (exact) mass is 451 g/mol. The van der Waals surface area contributed by atoms with E-state index < -0.39 is 7.14 Å². The maximum atomic E-state index is 15.4. The largest absolute Gasteiger partial charge is 0.456 e. The molecule has 0 aliphatic carbocycles. The number of hydrogen-bond acceptors (Lipinski definition) is 5. The van der Waals surface area contributed by atoms with Gasteiger partial charge in [0, 0.05) is 0 Å². The summed E-state index contributed by atoms with van der Waals surface area (Å²) in [4.78, 5) is 2.16. The number of anilines is 3. The van der Waals surface area contributed by atoms with E-state index in [-0.39, 0.29) is 0 Å². The number of nitrogens with zero attached hydrogens (tertiary/aromatic N) is 1. The van der Waals surface area contributed by atoms with Crippen LogP contribution in [0.2, 0.25) is 0 Å². The molecule has 4 aromatic rings. The molecule has 5 nitrogen and oxygen atoms in total. The molecule has 0 amide bonds. The Morgan fingerprint density at radius 3 is 2.18 bits per heavy atom. The SMILES string of the molecule is Cc1ccc2c(c1)Oc1ccc3c4c1N2c1ccc(C)c2c1P4(=O)c1c(cc(C)cc1O2)O3. The fourth-order valence-electron chi connectivity index (χ4n) is 5.62. The lowest BCUT2D eigenvalue weighted by atomic mass is 10.1. The molecular formula is C27H18NO4P. The molecular weight excluding hydrogens is 433 g/mol. The maximum absolute atomic E-state index is 15.4. The maximum Gasteiger partial charge on any atom is 0.190 e. The second-order valence-electron chi connectivity index (χ2n) is 9.17. The van der Waals surface area contributed by atoms with Crippen molar-refractivity contribution in [2.24, 2.45) is 0 Å². The molecule has 0 bridgehead atoms. The predicted octanol–water partition coefficient (Wildman–Crippen LogP) is 6.35. The molecule has 0 spiro atoms. The van der Waals surface area contributed by atoms with Crippen molar-refractivity contribution < 1.29 is 18.8 Å². The van der Waals surface area contributed by atoms with Gasteiger partial charge in [-0.25, -0.2) is 0 Å². The van der Waals surface area contributed by atoms with Crippen LogP contribution in [0.15, 0.2) is 54.6 Å². The highest BCUT2D eigenvalue weighted by Gasteiger charge is 2.55. The Hall–Kier alpha value is -3.69. The number of benzene rings is 4. The van der Waals surface area contributed by atoms with Crippen molar-refractivity contribution >= 4 is 40.1 Å². The summed E-state index contributed by atoms with van der Waals surface area (Å²) in [6, 6.07) is 18.0. The number of aryl methyl sites for hydroxylation is 3. The van der Waals surface area contributed by atoms with Crippen molar-refractivity contribution in [2.45, 2.75) is 20.8 Å². The van der Waals surface area contributed by atoms with Gasteiger partial charge in [-0.2, -0.15) is 0 Å². The minimum absolute atomic E-state index is 0.611. The molecule has 1 atom stereocenters. The average Bonchev–Trinajstić information content (AvgIpc) is 2.77. The molecule has 4 aliphatic heterocycles. The first-order chi connectivity index (χ1) is 15.9. The summed E-state index contributed by atoms with van der Waals surface area (Å²) in [5.41, 5.74) is 5.66. The number of fused-ring (bicyclic) bond motifs is 3. The van der Waals surface area contributed by atoms with E-state index in [0.29, 0.717) is 39.4 Å². The molecule has 8 rings (SSSR count). The topological polar surface area (TPSA) is 48.0 Å². The van der Waals surface area contributed by atoms with E-state index in [9.17, 15) is 0 Å². The first-order valence-electron chi connectivity index (χ1n) is 11.0. The first-order valence-corrected chi connectivity index (χ1v) is 12.7. The van der Waals surface area contributed by atoms with Crippen molar-refractivity contribution in [3.63, 3.8) is 0 Å².